The highest BCUT2D eigenvalue weighted by Crippen LogP contribution is 2.35. The zero-order valence-corrected chi connectivity index (χ0v) is 16.7. The first-order chi connectivity index (χ1) is 12.9. The van der Waals surface area contributed by atoms with Crippen LogP contribution in [0.2, 0.25) is 0 Å². The standard InChI is InChI=1S/C21H27N5O/c1-14-12-16(15-6-8-17(27-5)9-7-15)13-25(14)19-11-10-18-22-23-20(21(2,3)4)26(18)24-19/h6-11,14,16H,12-13H2,1-5H3. The molecule has 0 N–H and O–H groups in total. The first kappa shape index (κ1) is 17.8. The number of hydrogen-bond donors (Lipinski definition) is 0. The molecular formula is C21H27N5O. The molecule has 142 valence electrons. The summed E-state index contributed by atoms with van der Waals surface area (Å²) in [5.74, 6) is 3.26. The first-order valence-corrected chi connectivity index (χ1v) is 9.50. The van der Waals surface area contributed by atoms with E-state index < -0.39 is 0 Å². The number of benzene rings is 1. The number of anilines is 1. The monoisotopic (exact) mass is 365 g/mol. The molecular weight excluding hydrogens is 338 g/mol. The van der Waals surface area contributed by atoms with Crippen molar-refractivity contribution < 1.29 is 4.74 Å². The number of hydrogen-bond acceptors (Lipinski definition) is 5. The van der Waals surface area contributed by atoms with Crippen molar-refractivity contribution in [3.05, 3.63) is 47.8 Å². The van der Waals surface area contributed by atoms with Crippen LogP contribution in [0.25, 0.3) is 5.65 Å². The van der Waals surface area contributed by atoms with Crippen molar-refractivity contribution in [3.63, 3.8) is 0 Å². The maximum Gasteiger partial charge on any atom is 0.178 e. The van der Waals surface area contributed by atoms with E-state index in [0.29, 0.717) is 12.0 Å². The summed E-state index contributed by atoms with van der Waals surface area (Å²) < 4.78 is 7.17. The molecule has 0 radical (unpaired) electrons. The molecule has 2 unspecified atom stereocenters. The highest BCUT2D eigenvalue weighted by molar-refractivity contribution is 5.48. The van der Waals surface area contributed by atoms with Crippen LogP contribution >= 0.6 is 0 Å². The Hall–Kier alpha value is -2.63. The third-order valence-corrected chi connectivity index (χ3v) is 5.38. The quantitative estimate of drug-likeness (QED) is 0.706. The summed E-state index contributed by atoms with van der Waals surface area (Å²) in [5.41, 5.74) is 2.04. The van der Waals surface area contributed by atoms with Gasteiger partial charge in [0.15, 0.2) is 11.5 Å². The van der Waals surface area contributed by atoms with Crippen LogP contribution in [0.15, 0.2) is 36.4 Å². The lowest BCUT2D eigenvalue weighted by atomic mass is 9.96. The molecule has 0 spiro atoms. The third kappa shape index (κ3) is 3.24. The average Bonchev–Trinajstić information content (AvgIpc) is 3.24. The lowest BCUT2D eigenvalue weighted by Gasteiger charge is -2.23. The molecule has 0 bridgehead atoms. The van der Waals surface area contributed by atoms with Gasteiger partial charge in [-0.1, -0.05) is 32.9 Å². The zero-order chi connectivity index (χ0) is 19.2. The van der Waals surface area contributed by atoms with Gasteiger partial charge in [0, 0.05) is 23.9 Å². The van der Waals surface area contributed by atoms with Gasteiger partial charge in [0.1, 0.15) is 11.6 Å². The van der Waals surface area contributed by atoms with Crippen LogP contribution in [0.4, 0.5) is 5.82 Å². The highest BCUT2D eigenvalue weighted by atomic mass is 16.5. The van der Waals surface area contributed by atoms with Gasteiger partial charge in [-0.15, -0.1) is 15.3 Å². The summed E-state index contributed by atoms with van der Waals surface area (Å²) in [5, 5.41) is 13.5. The lowest BCUT2D eigenvalue weighted by molar-refractivity contribution is 0.414. The smallest absolute Gasteiger partial charge is 0.178 e. The van der Waals surface area contributed by atoms with Gasteiger partial charge in [-0.3, -0.25) is 0 Å². The van der Waals surface area contributed by atoms with E-state index in [2.05, 4.69) is 61.0 Å². The minimum Gasteiger partial charge on any atom is -0.497 e. The lowest BCUT2D eigenvalue weighted by Crippen LogP contribution is -2.28. The SMILES string of the molecule is COc1ccc(C2CC(C)N(c3ccc4nnc(C(C)(C)C)n4n3)C2)cc1. The molecule has 3 heterocycles. The Bertz CT molecular complexity index is 941. The Morgan fingerprint density at radius 3 is 2.44 bits per heavy atom. The molecule has 0 saturated carbocycles. The minimum absolute atomic E-state index is 0.104. The van der Waals surface area contributed by atoms with Gasteiger partial charge >= 0.3 is 0 Å². The topological polar surface area (TPSA) is 55.5 Å². The van der Waals surface area contributed by atoms with Crippen LogP contribution in [0.1, 0.15) is 51.4 Å². The molecule has 27 heavy (non-hydrogen) atoms. The van der Waals surface area contributed by atoms with E-state index in [-0.39, 0.29) is 5.41 Å². The van der Waals surface area contributed by atoms with E-state index >= 15 is 0 Å². The van der Waals surface area contributed by atoms with Crippen molar-refractivity contribution in [1.82, 2.24) is 19.8 Å². The Balaban J connectivity index is 1.63. The zero-order valence-electron chi connectivity index (χ0n) is 16.7. The van der Waals surface area contributed by atoms with E-state index in [1.54, 1.807) is 7.11 Å². The number of fused-ring (bicyclic) bond motifs is 1. The van der Waals surface area contributed by atoms with Gasteiger partial charge in [-0.25, -0.2) is 0 Å². The molecule has 0 aliphatic carbocycles. The van der Waals surface area contributed by atoms with E-state index in [1.165, 1.54) is 5.56 Å². The number of rotatable bonds is 3. The summed E-state index contributed by atoms with van der Waals surface area (Å²) in [6.07, 6.45) is 1.11. The Kier molecular flexibility index (Phi) is 4.29. The fourth-order valence-electron chi connectivity index (χ4n) is 3.87. The van der Waals surface area contributed by atoms with E-state index in [1.807, 2.05) is 22.7 Å². The summed E-state index contributed by atoms with van der Waals surface area (Å²) in [6, 6.07) is 12.9. The largest absolute Gasteiger partial charge is 0.497 e. The van der Waals surface area contributed by atoms with Crippen molar-refractivity contribution in [2.24, 2.45) is 0 Å². The van der Waals surface area contributed by atoms with Crippen LogP contribution in [-0.2, 0) is 5.41 Å². The predicted molar refractivity (Wildman–Crippen MR) is 107 cm³/mol. The van der Waals surface area contributed by atoms with Gasteiger partial charge in [0.2, 0.25) is 0 Å². The summed E-state index contributed by atoms with van der Waals surface area (Å²) >= 11 is 0. The van der Waals surface area contributed by atoms with E-state index in [4.69, 9.17) is 9.84 Å². The summed E-state index contributed by atoms with van der Waals surface area (Å²) in [7, 11) is 1.70. The number of methoxy groups -OCH3 is 1. The maximum absolute atomic E-state index is 5.28. The maximum atomic E-state index is 5.28. The summed E-state index contributed by atoms with van der Waals surface area (Å²) in [6.45, 7) is 9.63. The Morgan fingerprint density at radius 1 is 1.04 bits per heavy atom. The van der Waals surface area contributed by atoms with Gasteiger partial charge in [-0.05, 0) is 43.2 Å². The minimum atomic E-state index is -0.104. The highest BCUT2D eigenvalue weighted by Gasteiger charge is 2.31. The fourth-order valence-corrected chi connectivity index (χ4v) is 3.87. The van der Waals surface area contributed by atoms with Crippen molar-refractivity contribution in [2.45, 2.75) is 51.5 Å². The molecule has 2 aromatic heterocycles. The van der Waals surface area contributed by atoms with Gasteiger partial charge in [0.05, 0.1) is 7.11 Å². The second-order valence-electron chi connectivity index (χ2n) is 8.44. The average molecular weight is 365 g/mol. The van der Waals surface area contributed by atoms with Crippen LogP contribution in [0.3, 0.4) is 0 Å². The number of aromatic nitrogens is 4. The Morgan fingerprint density at radius 2 is 1.78 bits per heavy atom. The van der Waals surface area contributed by atoms with Gasteiger partial charge in [0.25, 0.3) is 0 Å². The molecule has 1 aromatic carbocycles. The molecule has 1 aliphatic rings. The number of nitrogens with zero attached hydrogens (tertiary/aromatic N) is 5. The molecule has 1 aliphatic heterocycles. The normalized spacial score (nSPS) is 20.4. The molecule has 2 atom stereocenters. The Labute approximate surface area is 160 Å². The third-order valence-electron chi connectivity index (χ3n) is 5.38. The summed E-state index contributed by atoms with van der Waals surface area (Å²) in [4.78, 5) is 2.39. The molecule has 1 fully saturated rings. The van der Waals surface area contributed by atoms with Gasteiger partial charge in [-0.2, -0.15) is 4.52 Å². The molecule has 1 saturated heterocycles. The first-order valence-electron chi connectivity index (χ1n) is 9.50. The van der Waals surface area contributed by atoms with Crippen LogP contribution in [0.5, 0.6) is 5.75 Å². The molecule has 4 rings (SSSR count). The molecule has 3 aromatic rings. The van der Waals surface area contributed by atoms with Crippen molar-refractivity contribution in [2.75, 3.05) is 18.6 Å². The fraction of sp³-hybridized carbons (Fsp3) is 0.476. The van der Waals surface area contributed by atoms with Crippen LogP contribution in [-0.4, -0.2) is 39.5 Å². The molecule has 6 heteroatoms. The van der Waals surface area contributed by atoms with E-state index in [0.717, 1.165) is 36.0 Å². The molecule has 0 amide bonds. The van der Waals surface area contributed by atoms with Gasteiger partial charge < -0.3 is 9.64 Å². The van der Waals surface area contributed by atoms with Crippen molar-refractivity contribution in [1.29, 1.82) is 0 Å². The predicted octanol–water partition coefficient (Wildman–Crippen LogP) is 3.81. The van der Waals surface area contributed by atoms with Crippen LogP contribution in [0, 0.1) is 0 Å². The number of ether oxygens (including phenoxy) is 1. The van der Waals surface area contributed by atoms with E-state index in [9.17, 15) is 0 Å². The second-order valence-corrected chi connectivity index (χ2v) is 8.44. The van der Waals surface area contributed by atoms with Crippen molar-refractivity contribution >= 4 is 11.5 Å². The van der Waals surface area contributed by atoms with Crippen LogP contribution < -0.4 is 9.64 Å². The van der Waals surface area contributed by atoms with Crippen molar-refractivity contribution in [3.8, 4) is 5.75 Å². The molecule has 6 nitrogen and oxygen atoms in total. The second kappa shape index (κ2) is 6.51.